The Labute approximate surface area is 174 Å². The van der Waals surface area contributed by atoms with E-state index in [1.807, 2.05) is 0 Å². The molecule has 3 nitrogen and oxygen atoms in total. The van der Waals surface area contributed by atoms with Crippen molar-refractivity contribution >= 4 is 0 Å². The second kappa shape index (κ2) is 18.1. The third-order valence-electron chi connectivity index (χ3n) is 5.10. The second-order valence-electron chi connectivity index (χ2n) is 7.70. The van der Waals surface area contributed by atoms with Crippen molar-refractivity contribution in [1.29, 1.82) is 0 Å². The Morgan fingerprint density at radius 2 is 1.29 bits per heavy atom. The van der Waals surface area contributed by atoms with E-state index in [-0.39, 0.29) is 6.29 Å². The summed E-state index contributed by atoms with van der Waals surface area (Å²) in [6.07, 6.45) is 13.2. The van der Waals surface area contributed by atoms with E-state index in [0.717, 1.165) is 51.9 Å². The molecule has 162 valence electrons. The van der Waals surface area contributed by atoms with E-state index in [4.69, 9.17) is 14.2 Å². The van der Waals surface area contributed by atoms with Crippen LogP contribution in [-0.4, -0.2) is 25.6 Å². The molecule has 3 heteroatoms. The van der Waals surface area contributed by atoms with Gasteiger partial charge in [-0.25, -0.2) is 0 Å². The lowest BCUT2D eigenvalue weighted by molar-refractivity contribution is -0.147. The van der Waals surface area contributed by atoms with Crippen LogP contribution in [0.2, 0.25) is 0 Å². The highest BCUT2D eigenvalue weighted by Crippen LogP contribution is 2.16. The Bertz CT molecular complexity index is 425. The lowest BCUT2D eigenvalue weighted by Crippen LogP contribution is -2.18. The van der Waals surface area contributed by atoms with Crippen molar-refractivity contribution in [3.05, 3.63) is 35.9 Å². The van der Waals surface area contributed by atoms with Crippen molar-refractivity contribution < 1.29 is 14.2 Å². The molecule has 0 saturated heterocycles. The minimum Gasteiger partial charge on any atom is -0.374 e. The first-order valence-corrected chi connectivity index (χ1v) is 11.7. The molecule has 0 N–H and O–H groups in total. The van der Waals surface area contributed by atoms with Crippen molar-refractivity contribution in [2.45, 2.75) is 110 Å². The fraction of sp³-hybridized carbons (Fsp3) is 0.760. The maximum Gasteiger partial charge on any atom is 0.157 e. The van der Waals surface area contributed by atoms with Gasteiger partial charge in [0, 0.05) is 13.2 Å². The van der Waals surface area contributed by atoms with Crippen molar-refractivity contribution in [3.63, 3.8) is 0 Å². The first-order chi connectivity index (χ1) is 13.8. The SMILES string of the molecule is CCCCOC(CCCCCCC(CC)OCc1ccccc1)OCCCC. The van der Waals surface area contributed by atoms with Gasteiger partial charge in [-0.3, -0.25) is 0 Å². The van der Waals surface area contributed by atoms with Crippen molar-refractivity contribution in [1.82, 2.24) is 0 Å². The van der Waals surface area contributed by atoms with E-state index in [1.54, 1.807) is 0 Å². The normalized spacial score (nSPS) is 12.6. The minimum atomic E-state index is -0.00399. The molecule has 1 atom stereocenters. The first kappa shape index (κ1) is 25.1. The van der Waals surface area contributed by atoms with Crippen LogP contribution in [0.4, 0.5) is 0 Å². The van der Waals surface area contributed by atoms with E-state index >= 15 is 0 Å². The van der Waals surface area contributed by atoms with Crippen LogP contribution < -0.4 is 0 Å². The van der Waals surface area contributed by atoms with E-state index in [2.05, 4.69) is 51.1 Å². The molecule has 0 amide bonds. The predicted molar refractivity (Wildman–Crippen MR) is 119 cm³/mol. The Morgan fingerprint density at radius 1 is 0.679 bits per heavy atom. The van der Waals surface area contributed by atoms with Crippen molar-refractivity contribution in [2.24, 2.45) is 0 Å². The van der Waals surface area contributed by atoms with Crippen LogP contribution in [0.3, 0.4) is 0 Å². The van der Waals surface area contributed by atoms with Gasteiger partial charge in [-0.1, -0.05) is 83.2 Å². The number of hydrogen-bond donors (Lipinski definition) is 0. The fourth-order valence-corrected chi connectivity index (χ4v) is 3.16. The molecule has 1 unspecified atom stereocenters. The molecule has 0 aliphatic carbocycles. The summed E-state index contributed by atoms with van der Waals surface area (Å²) in [4.78, 5) is 0. The molecule has 1 aromatic rings. The van der Waals surface area contributed by atoms with Gasteiger partial charge >= 0.3 is 0 Å². The molecule has 28 heavy (non-hydrogen) atoms. The smallest absolute Gasteiger partial charge is 0.157 e. The summed E-state index contributed by atoms with van der Waals surface area (Å²) in [6, 6.07) is 10.5. The van der Waals surface area contributed by atoms with Gasteiger partial charge in [0.15, 0.2) is 6.29 Å². The van der Waals surface area contributed by atoms with E-state index < -0.39 is 0 Å². The van der Waals surface area contributed by atoms with Crippen LogP contribution in [0, 0.1) is 0 Å². The van der Waals surface area contributed by atoms with Gasteiger partial charge in [-0.05, 0) is 44.1 Å². The topological polar surface area (TPSA) is 27.7 Å². The molecule has 0 aromatic heterocycles. The van der Waals surface area contributed by atoms with Gasteiger partial charge in [-0.2, -0.15) is 0 Å². The van der Waals surface area contributed by atoms with Crippen LogP contribution in [-0.2, 0) is 20.8 Å². The van der Waals surface area contributed by atoms with Gasteiger partial charge in [0.05, 0.1) is 12.7 Å². The second-order valence-corrected chi connectivity index (χ2v) is 7.70. The lowest BCUT2D eigenvalue weighted by Gasteiger charge is -2.19. The van der Waals surface area contributed by atoms with Gasteiger partial charge in [0.2, 0.25) is 0 Å². The van der Waals surface area contributed by atoms with Crippen molar-refractivity contribution in [2.75, 3.05) is 13.2 Å². The predicted octanol–water partition coefficient (Wildman–Crippen LogP) is 7.28. The quantitative estimate of drug-likeness (QED) is 0.183. The maximum atomic E-state index is 6.09. The van der Waals surface area contributed by atoms with Crippen LogP contribution in [0.25, 0.3) is 0 Å². The molecule has 1 aromatic carbocycles. The number of ether oxygens (including phenoxy) is 3. The van der Waals surface area contributed by atoms with Gasteiger partial charge < -0.3 is 14.2 Å². The molecule has 0 heterocycles. The van der Waals surface area contributed by atoms with Crippen LogP contribution >= 0.6 is 0 Å². The Kier molecular flexibility index (Phi) is 16.3. The summed E-state index contributed by atoms with van der Waals surface area (Å²) < 4.78 is 17.9. The molecule has 0 aliphatic heterocycles. The molecule has 0 spiro atoms. The Hall–Kier alpha value is -0.900. The molecule has 1 rings (SSSR count). The van der Waals surface area contributed by atoms with Gasteiger partial charge in [0.25, 0.3) is 0 Å². The molecule has 0 saturated carbocycles. The zero-order chi connectivity index (χ0) is 20.3. The summed E-state index contributed by atoms with van der Waals surface area (Å²) in [7, 11) is 0. The number of benzene rings is 1. The number of unbranched alkanes of at least 4 members (excludes halogenated alkanes) is 5. The standard InChI is InChI=1S/C25H44O3/c1-4-7-20-26-25(27-21-8-5-2)19-15-10-9-14-18-24(6-3)28-22-23-16-12-11-13-17-23/h11-13,16-17,24-25H,4-10,14-15,18-22H2,1-3H3. The van der Waals surface area contributed by atoms with Gasteiger partial charge in [0.1, 0.15) is 0 Å². The fourth-order valence-electron chi connectivity index (χ4n) is 3.16. The third-order valence-corrected chi connectivity index (χ3v) is 5.10. The van der Waals surface area contributed by atoms with Crippen molar-refractivity contribution in [3.8, 4) is 0 Å². The monoisotopic (exact) mass is 392 g/mol. The first-order valence-electron chi connectivity index (χ1n) is 11.7. The summed E-state index contributed by atoms with van der Waals surface area (Å²) in [5.74, 6) is 0. The third kappa shape index (κ3) is 13.3. The maximum absolute atomic E-state index is 6.09. The highest BCUT2D eigenvalue weighted by atomic mass is 16.7. The van der Waals surface area contributed by atoms with E-state index in [0.29, 0.717) is 6.10 Å². The average Bonchev–Trinajstić information content (AvgIpc) is 2.73. The lowest BCUT2D eigenvalue weighted by atomic mass is 10.1. The molecule has 0 aliphatic rings. The summed E-state index contributed by atoms with van der Waals surface area (Å²) in [5.41, 5.74) is 1.26. The zero-order valence-corrected chi connectivity index (χ0v) is 18.7. The van der Waals surface area contributed by atoms with Crippen LogP contribution in [0.5, 0.6) is 0 Å². The highest BCUT2D eigenvalue weighted by molar-refractivity contribution is 5.13. The molecule has 0 fully saturated rings. The highest BCUT2D eigenvalue weighted by Gasteiger charge is 2.10. The average molecular weight is 393 g/mol. The summed E-state index contributed by atoms with van der Waals surface area (Å²) >= 11 is 0. The Balaban J connectivity index is 2.11. The molecule has 0 radical (unpaired) electrons. The summed E-state index contributed by atoms with van der Waals surface area (Å²) in [5, 5.41) is 0. The van der Waals surface area contributed by atoms with E-state index in [1.165, 1.54) is 44.1 Å². The molecule has 0 bridgehead atoms. The molecular weight excluding hydrogens is 348 g/mol. The molecular formula is C25H44O3. The van der Waals surface area contributed by atoms with Gasteiger partial charge in [-0.15, -0.1) is 0 Å². The number of rotatable bonds is 19. The van der Waals surface area contributed by atoms with E-state index in [9.17, 15) is 0 Å². The summed E-state index contributed by atoms with van der Waals surface area (Å²) in [6.45, 7) is 8.99. The van der Waals surface area contributed by atoms with Crippen LogP contribution in [0.1, 0.15) is 97.0 Å². The number of hydrogen-bond acceptors (Lipinski definition) is 3. The minimum absolute atomic E-state index is 0.00399. The Morgan fingerprint density at radius 3 is 1.86 bits per heavy atom. The zero-order valence-electron chi connectivity index (χ0n) is 18.7. The largest absolute Gasteiger partial charge is 0.374 e. The van der Waals surface area contributed by atoms with Crippen LogP contribution in [0.15, 0.2) is 30.3 Å².